The molecule has 1 unspecified atom stereocenters. The number of aromatic nitrogens is 4. The first-order valence-corrected chi connectivity index (χ1v) is 12.7. The van der Waals surface area contributed by atoms with Crippen molar-refractivity contribution in [3.8, 4) is 11.4 Å². The molecule has 39 heavy (non-hydrogen) atoms. The summed E-state index contributed by atoms with van der Waals surface area (Å²) in [5.74, 6) is 1.44. The lowest BCUT2D eigenvalue weighted by Gasteiger charge is -2.43. The molecule has 0 N–H and O–H groups in total. The Kier molecular flexibility index (Phi) is 6.46. The summed E-state index contributed by atoms with van der Waals surface area (Å²) in [6.45, 7) is 0.974. The molecule has 0 aliphatic carbocycles. The Labute approximate surface area is 228 Å². The first-order valence-electron chi connectivity index (χ1n) is 12.3. The Morgan fingerprint density at radius 1 is 1.10 bits per heavy atom. The van der Waals surface area contributed by atoms with Crippen molar-refractivity contribution in [3.05, 3.63) is 117 Å². The van der Waals surface area contributed by atoms with Crippen LogP contribution in [0, 0.1) is 5.82 Å². The van der Waals surface area contributed by atoms with E-state index in [9.17, 15) is 9.18 Å². The smallest absolute Gasteiger partial charge is 0.267 e. The van der Waals surface area contributed by atoms with E-state index >= 15 is 0 Å². The number of fused-ring (bicyclic) bond motifs is 2. The van der Waals surface area contributed by atoms with Crippen molar-refractivity contribution in [1.82, 2.24) is 24.4 Å². The van der Waals surface area contributed by atoms with Gasteiger partial charge < -0.3 is 9.64 Å². The van der Waals surface area contributed by atoms with Crippen LogP contribution in [0.5, 0.6) is 5.75 Å². The third-order valence-electron chi connectivity index (χ3n) is 6.85. The van der Waals surface area contributed by atoms with Crippen LogP contribution in [0.15, 0.2) is 84.0 Å². The van der Waals surface area contributed by atoms with Crippen molar-refractivity contribution in [2.24, 2.45) is 0 Å². The molecular formula is C29H24ClFN6O2. The molecule has 6 rings (SSSR count). The summed E-state index contributed by atoms with van der Waals surface area (Å²) in [6, 6.07) is 18.9. The van der Waals surface area contributed by atoms with Gasteiger partial charge in [-0.1, -0.05) is 35.9 Å². The molecule has 3 heterocycles. The molecule has 8 nitrogen and oxygen atoms in total. The second kappa shape index (κ2) is 10.1. The van der Waals surface area contributed by atoms with E-state index in [-0.39, 0.29) is 16.0 Å². The molecule has 2 aromatic heterocycles. The van der Waals surface area contributed by atoms with E-state index < -0.39 is 12.0 Å². The zero-order valence-corrected chi connectivity index (χ0v) is 22.0. The standard InChI is InChI=1S/C29H24ClFN6O2/c1-35-16-19-14-32-17-33-26(19)36(15-18-9-11-22(39-2)12-10-18)28(35)27-34-24-8-4-7-23(30)25(24)29(38)37(27)21-6-3-5-20(31)13-21/h3-14,17,28H,15-16H2,1-2H3. The number of anilines is 1. The lowest BCUT2D eigenvalue weighted by molar-refractivity contribution is 0.198. The van der Waals surface area contributed by atoms with E-state index in [1.54, 1.807) is 43.6 Å². The maximum Gasteiger partial charge on any atom is 0.267 e. The Balaban J connectivity index is 1.61. The topological polar surface area (TPSA) is 76.4 Å². The largest absolute Gasteiger partial charge is 0.497 e. The Bertz CT molecular complexity index is 1740. The third kappa shape index (κ3) is 4.49. The molecule has 0 saturated carbocycles. The molecule has 0 saturated heterocycles. The summed E-state index contributed by atoms with van der Waals surface area (Å²) in [4.78, 5) is 32.0. The van der Waals surface area contributed by atoms with Gasteiger partial charge in [-0.3, -0.25) is 14.3 Å². The normalized spacial score (nSPS) is 15.4. The maximum absolute atomic E-state index is 14.4. The monoisotopic (exact) mass is 542 g/mol. The molecule has 1 aliphatic rings. The minimum absolute atomic E-state index is 0.273. The van der Waals surface area contributed by atoms with Crippen molar-refractivity contribution < 1.29 is 9.13 Å². The van der Waals surface area contributed by atoms with E-state index in [0.717, 1.165) is 22.7 Å². The van der Waals surface area contributed by atoms with Gasteiger partial charge in [0.05, 0.1) is 28.7 Å². The van der Waals surface area contributed by atoms with Crippen LogP contribution in [0.3, 0.4) is 0 Å². The second-order valence-corrected chi connectivity index (χ2v) is 9.77. The van der Waals surface area contributed by atoms with E-state index in [0.29, 0.717) is 30.1 Å². The van der Waals surface area contributed by atoms with Gasteiger partial charge in [0, 0.05) is 24.8 Å². The van der Waals surface area contributed by atoms with Gasteiger partial charge in [-0.15, -0.1) is 0 Å². The van der Waals surface area contributed by atoms with Gasteiger partial charge in [0.25, 0.3) is 5.56 Å². The Morgan fingerprint density at radius 3 is 2.67 bits per heavy atom. The Hall–Kier alpha value is -4.34. The minimum atomic E-state index is -0.533. The summed E-state index contributed by atoms with van der Waals surface area (Å²) in [6.07, 6.45) is 2.77. The molecule has 0 radical (unpaired) electrons. The minimum Gasteiger partial charge on any atom is -0.497 e. The SMILES string of the molecule is COc1ccc(CN2c3ncncc3CN(C)C2c2nc3cccc(Cl)c3c(=O)n2-c2cccc(F)c2)cc1. The van der Waals surface area contributed by atoms with Gasteiger partial charge in [0.15, 0.2) is 5.82 Å². The summed E-state index contributed by atoms with van der Waals surface area (Å²) < 4.78 is 21.2. The molecule has 1 atom stereocenters. The average Bonchev–Trinajstić information content (AvgIpc) is 2.93. The number of nitrogens with zero attached hydrogens (tertiary/aromatic N) is 6. The zero-order chi connectivity index (χ0) is 27.1. The number of hydrogen-bond donors (Lipinski definition) is 0. The lowest BCUT2D eigenvalue weighted by Crippen LogP contribution is -2.46. The van der Waals surface area contributed by atoms with Gasteiger partial charge >= 0.3 is 0 Å². The van der Waals surface area contributed by atoms with Gasteiger partial charge in [0.2, 0.25) is 0 Å². The molecule has 3 aromatic carbocycles. The summed E-state index contributed by atoms with van der Waals surface area (Å²) in [5.41, 5.74) is 2.38. The summed E-state index contributed by atoms with van der Waals surface area (Å²) >= 11 is 6.47. The zero-order valence-electron chi connectivity index (χ0n) is 21.3. The Morgan fingerprint density at radius 2 is 1.90 bits per heavy atom. The average molecular weight is 543 g/mol. The van der Waals surface area contributed by atoms with Crippen molar-refractivity contribution in [3.63, 3.8) is 0 Å². The fourth-order valence-electron chi connectivity index (χ4n) is 5.10. The van der Waals surface area contributed by atoms with E-state index in [4.69, 9.17) is 21.3 Å². The molecule has 0 amide bonds. The van der Waals surface area contributed by atoms with Crippen LogP contribution in [0.25, 0.3) is 16.6 Å². The van der Waals surface area contributed by atoms with E-state index in [1.807, 2.05) is 31.3 Å². The van der Waals surface area contributed by atoms with Crippen molar-refractivity contribution in [2.75, 3.05) is 19.1 Å². The number of rotatable bonds is 5. The maximum atomic E-state index is 14.4. The van der Waals surface area contributed by atoms with E-state index in [1.165, 1.54) is 23.0 Å². The van der Waals surface area contributed by atoms with Gasteiger partial charge in [-0.25, -0.2) is 19.3 Å². The molecular weight excluding hydrogens is 519 g/mol. The van der Waals surface area contributed by atoms with Gasteiger partial charge in [-0.2, -0.15) is 0 Å². The van der Waals surface area contributed by atoms with Crippen LogP contribution < -0.4 is 15.2 Å². The van der Waals surface area contributed by atoms with Crippen LogP contribution >= 0.6 is 11.6 Å². The molecule has 0 spiro atoms. The molecule has 0 fully saturated rings. The lowest BCUT2D eigenvalue weighted by atomic mass is 10.1. The van der Waals surface area contributed by atoms with Gasteiger partial charge in [-0.05, 0) is 55.1 Å². The van der Waals surface area contributed by atoms with Crippen LogP contribution in [0.2, 0.25) is 5.02 Å². The molecule has 1 aliphatic heterocycles. The molecule has 5 aromatic rings. The predicted molar refractivity (Wildman–Crippen MR) is 148 cm³/mol. The third-order valence-corrected chi connectivity index (χ3v) is 7.17. The summed E-state index contributed by atoms with van der Waals surface area (Å²) in [7, 11) is 3.58. The second-order valence-electron chi connectivity index (χ2n) is 9.36. The number of methoxy groups -OCH3 is 1. The number of ether oxygens (including phenoxy) is 1. The van der Waals surface area contributed by atoms with Crippen molar-refractivity contribution in [2.45, 2.75) is 19.3 Å². The van der Waals surface area contributed by atoms with Crippen LogP contribution in [-0.2, 0) is 13.1 Å². The first kappa shape index (κ1) is 25.0. The molecule has 196 valence electrons. The van der Waals surface area contributed by atoms with Crippen LogP contribution in [0.1, 0.15) is 23.1 Å². The van der Waals surface area contributed by atoms with Gasteiger partial charge in [0.1, 0.15) is 29.9 Å². The summed E-state index contributed by atoms with van der Waals surface area (Å²) in [5, 5.41) is 0.557. The van der Waals surface area contributed by atoms with Crippen molar-refractivity contribution >= 4 is 28.3 Å². The highest BCUT2D eigenvalue weighted by Gasteiger charge is 2.36. The highest BCUT2D eigenvalue weighted by atomic mass is 35.5. The number of halogens is 2. The first-order chi connectivity index (χ1) is 18.9. The fraction of sp³-hybridized carbons (Fsp3) is 0.172. The fourth-order valence-corrected chi connectivity index (χ4v) is 5.35. The number of benzene rings is 3. The number of hydrogen-bond acceptors (Lipinski definition) is 7. The van der Waals surface area contributed by atoms with Crippen molar-refractivity contribution in [1.29, 1.82) is 0 Å². The van der Waals surface area contributed by atoms with E-state index in [2.05, 4.69) is 19.8 Å². The highest BCUT2D eigenvalue weighted by molar-refractivity contribution is 6.35. The van der Waals surface area contributed by atoms with Crippen LogP contribution in [-0.4, -0.2) is 38.6 Å². The molecule has 0 bridgehead atoms. The van der Waals surface area contributed by atoms with Crippen LogP contribution in [0.4, 0.5) is 10.2 Å². The predicted octanol–water partition coefficient (Wildman–Crippen LogP) is 5.13. The molecule has 10 heteroatoms. The quantitative estimate of drug-likeness (QED) is 0.305. The highest BCUT2D eigenvalue weighted by Crippen LogP contribution is 2.38.